The van der Waals surface area contributed by atoms with Crippen molar-refractivity contribution in [2.45, 2.75) is 70.0 Å². The van der Waals surface area contributed by atoms with Crippen LogP contribution in [0.3, 0.4) is 0 Å². The molecule has 3 atom stereocenters. The SMILES string of the molecule is CCN1CCCC1CN(C)C(=O)CC1CC2CCC(C1)N2. The molecule has 21 heavy (non-hydrogen) atoms. The topological polar surface area (TPSA) is 35.6 Å². The molecule has 0 aromatic carbocycles. The molecule has 0 aliphatic carbocycles. The molecule has 1 amide bonds. The predicted molar refractivity (Wildman–Crippen MR) is 85.2 cm³/mol. The van der Waals surface area contributed by atoms with E-state index >= 15 is 0 Å². The molecule has 0 aromatic rings. The van der Waals surface area contributed by atoms with Gasteiger partial charge in [-0.2, -0.15) is 0 Å². The predicted octanol–water partition coefficient (Wildman–Crippen LogP) is 1.85. The second-order valence-corrected chi connectivity index (χ2v) is 7.38. The van der Waals surface area contributed by atoms with E-state index < -0.39 is 0 Å². The maximum absolute atomic E-state index is 12.5. The first-order valence-corrected chi connectivity index (χ1v) is 8.89. The second kappa shape index (κ2) is 6.66. The summed E-state index contributed by atoms with van der Waals surface area (Å²) < 4.78 is 0. The molecular weight excluding hydrogens is 262 g/mol. The number of likely N-dealkylation sites (tertiary alicyclic amines) is 1. The minimum absolute atomic E-state index is 0.365. The zero-order valence-corrected chi connectivity index (χ0v) is 13.7. The molecule has 0 saturated carbocycles. The van der Waals surface area contributed by atoms with Gasteiger partial charge in [-0.3, -0.25) is 9.69 Å². The molecule has 0 aromatic heterocycles. The van der Waals surface area contributed by atoms with Crippen LogP contribution < -0.4 is 5.32 Å². The fourth-order valence-corrected chi connectivity index (χ4v) is 4.68. The molecule has 3 heterocycles. The van der Waals surface area contributed by atoms with Crippen molar-refractivity contribution in [1.82, 2.24) is 15.1 Å². The van der Waals surface area contributed by atoms with E-state index in [4.69, 9.17) is 0 Å². The van der Waals surface area contributed by atoms with Gasteiger partial charge in [0.05, 0.1) is 0 Å². The van der Waals surface area contributed by atoms with Gasteiger partial charge >= 0.3 is 0 Å². The Kier molecular flexibility index (Phi) is 4.85. The zero-order valence-electron chi connectivity index (χ0n) is 13.7. The highest BCUT2D eigenvalue weighted by Gasteiger charge is 2.35. The number of hydrogen-bond acceptors (Lipinski definition) is 3. The summed E-state index contributed by atoms with van der Waals surface area (Å²) in [7, 11) is 2.00. The fourth-order valence-electron chi connectivity index (χ4n) is 4.68. The lowest BCUT2D eigenvalue weighted by Gasteiger charge is -2.31. The molecule has 3 saturated heterocycles. The van der Waals surface area contributed by atoms with Crippen LogP contribution in [0.15, 0.2) is 0 Å². The Labute approximate surface area is 129 Å². The number of nitrogens with one attached hydrogen (secondary N) is 1. The lowest BCUT2D eigenvalue weighted by molar-refractivity contribution is -0.131. The molecule has 4 heteroatoms. The maximum Gasteiger partial charge on any atom is 0.222 e. The normalized spacial score (nSPS) is 36.1. The largest absolute Gasteiger partial charge is 0.344 e. The van der Waals surface area contributed by atoms with Crippen LogP contribution in [0.5, 0.6) is 0 Å². The molecule has 4 nitrogen and oxygen atoms in total. The van der Waals surface area contributed by atoms with E-state index in [9.17, 15) is 4.79 Å². The Bertz CT molecular complexity index is 361. The number of carbonyl (C=O) groups excluding carboxylic acids is 1. The van der Waals surface area contributed by atoms with Crippen LogP contribution in [0.4, 0.5) is 0 Å². The maximum atomic E-state index is 12.5. The fraction of sp³-hybridized carbons (Fsp3) is 0.941. The van der Waals surface area contributed by atoms with Crippen LogP contribution in [0.2, 0.25) is 0 Å². The van der Waals surface area contributed by atoms with Gasteiger partial charge in [-0.05, 0) is 57.5 Å². The molecule has 1 N–H and O–H groups in total. The monoisotopic (exact) mass is 293 g/mol. The Hall–Kier alpha value is -0.610. The van der Waals surface area contributed by atoms with Gasteiger partial charge < -0.3 is 10.2 Å². The molecule has 3 rings (SSSR count). The van der Waals surface area contributed by atoms with Crippen LogP contribution in [0.25, 0.3) is 0 Å². The van der Waals surface area contributed by atoms with Gasteiger partial charge in [0.2, 0.25) is 5.91 Å². The van der Waals surface area contributed by atoms with Gasteiger partial charge in [-0.15, -0.1) is 0 Å². The molecule has 0 spiro atoms. The number of hydrogen-bond donors (Lipinski definition) is 1. The van der Waals surface area contributed by atoms with Gasteiger partial charge in [0.25, 0.3) is 0 Å². The van der Waals surface area contributed by atoms with Crippen molar-refractivity contribution in [3.8, 4) is 0 Å². The zero-order chi connectivity index (χ0) is 14.8. The Morgan fingerprint density at radius 3 is 2.62 bits per heavy atom. The number of likely N-dealkylation sites (N-methyl/N-ethyl adjacent to an activating group) is 2. The summed E-state index contributed by atoms with van der Waals surface area (Å²) in [5, 5.41) is 3.66. The summed E-state index contributed by atoms with van der Waals surface area (Å²) in [5.74, 6) is 0.980. The third-order valence-corrected chi connectivity index (χ3v) is 5.85. The summed E-state index contributed by atoms with van der Waals surface area (Å²) in [6.07, 6.45) is 8.36. The van der Waals surface area contributed by atoms with Crippen molar-refractivity contribution >= 4 is 5.91 Å². The Morgan fingerprint density at radius 2 is 1.95 bits per heavy atom. The van der Waals surface area contributed by atoms with Gasteiger partial charge in [0.1, 0.15) is 0 Å². The number of nitrogens with zero attached hydrogens (tertiary/aromatic N) is 2. The van der Waals surface area contributed by atoms with E-state index in [0.717, 1.165) is 19.5 Å². The number of carbonyl (C=O) groups is 1. The minimum Gasteiger partial charge on any atom is -0.344 e. The number of rotatable bonds is 5. The van der Waals surface area contributed by atoms with E-state index in [1.807, 2.05) is 11.9 Å². The highest BCUT2D eigenvalue weighted by atomic mass is 16.2. The number of piperidine rings is 1. The summed E-state index contributed by atoms with van der Waals surface area (Å²) >= 11 is 0. The first-order chi connectivity index (χ1) is 10.2. The second-order valence-electron chi connectivity index (χ2n) is 7.38. The summed E-state index contributed by atoms with van der Waals surface area (Å²) in [6, 6.07) is 1.97. The van der Waals surface area contributed by atoms with Crippen LogP contribution in [-0.4, -0.2) is 60.5 Å². The van der Waals surface area contributed by atoms with E-state index in [2.05, 4.69) is 17.1 Å². The van der Waals surface area contributed by atoms with E-state index in [-0.39, 0.29) is 0 Å². The van der Waals surface area contributed by atoms with E-state index in [1.54, 1.807) is 0 Å². The molecule has 3 unspecified atom stereocenters. The quantitative estimate of drug-likeness (QED) is 0.840. The lowest BCUT2D eigenvalue weighted by atomic mass is 9.89. The highest BCUT2D eigenvalue weighted by molar-refractivity contribution is 5.76. The third kappa shape index (κ3) is 3.59. The van der Waals surface area contributed by atoms with Gasteiger partial charge in [-0.25, -0.2) is 0 Å². The smallest absolute Gasteiger partial charge is 0.222 e. The van der Waals surface area contributed by atoms with Crippen molar-refractivity contribution in [1.29, 1.82) is 0 Å². The molecule has 2 bridgehead atoms. The molecular formula is C17H31N3O. The first kappa shape index (κ1) is 15.3. The Morgan fingerprint density at radius 1 is 1.24 bits per heavy atom. The molecule has 0 radical (unpaired) electrons. The van der Waals surface area contributed by atoms with Gasteiger partial charge in [0.15, 0.2) is 0 Å². The van der Waals surface area contributed by atoms with Crippen LogP contribution >= 0.6 is 0 Å². The molecule has 3 aliphatic rings. The summed E-state index contributed by atoms with van der Waals surface area (Å²) in [4.78, 5) is 17.0. The van der Waals surface area contributed by atoms with E-state index in [0.29, 0.717) is 30.0 Å². The average molecular weight is 293 g/mol. The van der Waals surface area contributed by atoms with Gasteiger partial charge in [-0.1, -0.05) is 6.92 Å². The van der Waals surface area contributed by atoms with Crippen molar-refractivity contribution < 1.29 is 4.79 Å². The number of amides is 1. The summed E-state index contributed by atoms with van der Waals surface area (Å²) in [5.41, 5.74) is 0. The first-order valence-electron chi connectivity index (χ1n) is 8.89. The van der Waals surface area contributed by atoms with Crippen molar-refractivity contribution in [2.75, 3.05) is 26.7 Å². The van der Waals surface area contributed by atoms with Gasteiger partial charge in [0, 0.05) is 38.1 Å². The molecule has 3 aliphatic heterocycles. The number of fused-ring (bicyclic) bond motifs is 2. The summed E-state index contributed by atoms with van der Waals surface area (Å²) in [6.45, 7) is 5.47. The average Bonchev–Trinajstić information content (AvgIpc) is 3.05. The third-order valence-electron chi connectivity index (χ3n) is 5.85. The highest BCUT2D eigenvalue weighted by Crippen LogP contribution is 2.33. The van der Waals surface area contributed by atoms with Crippen molar-refractivity contribution in [3.05, 3.63) is 0 Å². The standard InChI is InChI=1S/C17H31N3O/c1-3-20-8-4-5-16(20)12-19(2)17(21)11-13-9-14-6-7-15(10-13)18-14/h13-16,18H,3-12H2,1-2H3. The van der Waals surface area contributed by atoms with Crippen molar-refractivity contribution in [3.63, 3.8) is 0 Å². The van der Waals surface area contributed by atoms with Crippen LogP contribution in [-0.2, 0) is 4.79 Å². The molecule has 120 valence electrons. The lowest BCUT2D eigenvalue weighted by Crippen LogP contribution is -2.43. The molecule has 3 fully saturated rings. The van der Waals surface area contributed by atoms with Crippen LogP contribution in [0.1, 0.15) is 51.9 Å². The van der Waals surface area contributed by atoms with E-state index in [1.165, 1.54) is 45.1 Å². The minimum atomic E-state index is 0.365. The Balaban J connectivity index is 1.46. The van der Waals surface area contributed by atoms with Crippen LogP contribution in [0, 0.1) is 5.92 Å². The van der Waals surface area contributed by atoms with Crippen molar-refractivity contribution in [2.24, 2.45) is 5.92 Å².